The lowest BCUT2D eigenvalue weighted by Crippen LogP contribution is -2.64. The highest BCUT2D eigenvalue weighted by atomic mass is 16.7. The van der Waals surface area contributed by atoms with Crippen LogP contribution in [0.5, 0.6) is 0 Å². The summed E-state index contributed by atoms with van der Waals surface area (Å²) < 4.78 is 27.5. The van der Waals surface area contributed by atoms with Crippen LogP contribution in [0.2, 0.25) is 0 Å². The molecule has 1 fully saturated rings. The minimum absolute atomic E-state index is 0.131. The first-order valence-corrected chi connectivity index (χ1v) is 11.9. The minimum Gasteiger partial charge on any atom is -0.463 e. The maximum Gasteiger partial charge on any atom is 0.303 e. The first-order valence-electron chi connectivity index (χ1n) is 11.9. The van der Waals surface area contributed by atoms with Crippen molar-refractivity contribution in [3.05, 3.63) is 23.8 Å². The minimum atomic E-state index is -1.30. The van der Waals surface area contributed by atoms with E-state index in [9.17, 15) is 19.2 Å². The number of carbonyl (C=O) groups is 4. The van der Waals surface area contributed by atoms with Crippen LogP contribution in [0.3, 0.4) is 0 Å². The van der Waals surface area contributed by atoms with E-state index in [1.807, 2.05) is 44.1 Å². The van der Waals surface area contributed by atoms with Gasteiger partial charge in [0, 0.05) is 47.2 Å². The maximum atomic E-state index is 12.1. The molecule has 0 spiro atoms. The predicted molar refractivity (Wildman–Crippen MR) is 134 cm³/mol. The van der Waals surface area contributed by atoms with Crippen LogP contribution in [-0.2, 0) is 42.9 Å². The van der Waals surface area contributed by atoms with Gasteiger partial charge in [-0.3, -0.25) is 19.2 Å². The van der Waals surface area contributed by atoms with E-state index in [-0.39, 0.29) is 12.6 Å². The van der Waals surface area contributed by atoms with E-state index in [1.54, 1.807) is 0 Å². The van der Waals surface area contributed by atoms with Gasteiger partial charge in [-0.25, -0.2) is 4.98 Å². The molecule has 0 radical (unpaired) electrons. The summed E-state index contributed by atoms with van der Waals surface area (Å²) in [6, 6.07) is 5.72. The first-order chi connectivity index (χ1) is 17.8. The second-order valence-corrected chi connectivity index (χ2v) is 9.05. The number of nitrogens with one attached hydrogen (secondary N) is 1. The second-order valence-electron chi connectivity index (χ2n) is 9.05. The number of fused-ring (bicyclic) bond motifs is 1. The van der Waals surface area contributed by atoms with Gasteiger partial charge in [0.15, 0.2) is 24.5 Å². The molecule has 13 nitrogen and oxygen atoms in total. The summed E-state index contributed by atoms with van der Waals surface area (Å²) in [5.74, 6) is -1.98. The van der Waals surface area contributed by atoms with Crippen LogP contribution >= 0.6 is 0 Å². The fourth-order valence-corrected chi connectivity index (χ4v) is 4.10. The van der Waals surface area contributed by atoms with Gasteiger partial charge in [0.05, 0.1) is 5.52 Å². The summed E-state index contributed by atoms with van der Waals surface area (Å²) in [7, 11) is 3.67. The highest BCUT2D eigenvalue weighted by molar-refractivity contribution is 5.91. The Labute approximate surface area is 219 Å². The van der Waals surface area contributed by atoms with E-state index < -0.39 is 54.5 Å². The average molecular weight is 533 g/mol. The number of rotatable bonds is 8. The Morgan fingerprint density at radius 1 is 0.895 bits per heavy atom. The molecule has 2 heterocycles. The zero-order valence-electron chi connectivity index (χ0n) is 22.3. The quantitative estimate of drug-likeness (QED) is 0.386. The number of aromatic nitrogens is 2. The molecule has 38 heavy (non-hydrogen) atoms. The number of benzene rings is 1. The van der Waals surface area contributed by atoms with Gasteiger partial charge in [0.2, 0.25) is 5.95 Å². The van der Waals surface area contributed by atoms with Gasteiger partial charge in [-0.2, -0.15) is 4.98 Å². The summed E-state index contributed by atoms with van der Waals surface area (Å²) in [5.41, 5.74) is 1.67. The molecule has 5 atom stereocenters. The van der Waals surface area contributed by atoms with E-state index in [1.165, 1.54) is 13.8 Å². The third kappa shape index (κ3) is 7.06. The molecule has 3 rings (SSSR count). The fraction of sp³-hybridized carbons (Fsp3) is 0.520. The molecular formula is C25H32N4O9. The third-order valence-electron chi connectivity index (χ3n) is 5.52. The molecule has 1 aromatic carbocycles. The second kappa shape index (κ2) is 12.0. The van der Waals surface area contributed by atoms with Crippen LogP contribution in [0.4, 0.5) is 11.8 Å². The zero-order chi connectivity index (χ0) is 28.1. The van der Waals surface area contributed by atoms with Crippen molar-refractivity contribution in [3.63, 3.8) is 0 Å². The van der Waals surface area contributed by atoms with Crippen LogP contribution in [0.15, 0.2) is 18.2 Å². The Morgan fingerprint density at radius 2 is 1.50 bits per heavy atom. The Hall–Kier alpha value is -4.00. The summed E-state index contributed by atoms with van der Waals surface area (Å²) in [4.78, 5) is 58.5. The molecule has 1 aliphatic rings. The fourth-order valence-electron chi connectivity index (χ4n) is 4.10. The topological polar surface area (TPSA) is 155 Å². The van der Waals surface area contributed by atoms with Crippen LogP contribution in [0, 0.1) is 6.92 Å². The molecule has 1 aromatic heterocycles. The van der Waals surface area contributed by atoms with Gasteiger partial charge in [-0.1, -0.05) is 11.6 Å². The first kappa shape index (κ1) is 28.6. The van der Waals surface area contributed by atoms with Gasteiger partial charge in [0.1, 0.15) is 18.5 Å². The molecule has 1 aliphatic heterocycles. The third-order valence-corrected chi connectivity index (χ3v) is 5.52. The van der Waals surface area contributed by atoms with Crippen LogP contribution < -0.4 is 10.2 Å². The molecule has 0 saturated carbocycles. The zero-order valence-corrected chi connectivity index (χ0v) is 22.3. The van der Waals surface area contributed by atoms with Crippen molar-refractivity contribution in [2.45, 2.75) is 65.3 Å². The highest BCUT2D eigenvalue weighted by Gasteiger charge is 2.52. The van der Waals surface area contributed by atoms with Crippen molar-refractivity contribution < 1.29 is 42.9 Å². The Kier molecular flexibility index (Phi) is 9.04. The maximum absolute atomic E-state index is 12.1. The molecular weight excluding hydrogens is 500 g/mol. The van der Waals surface area contributed by atoms with Crippen LogP contribution in [0.1, 0.15) is 33.3 Å². The summed E-state index contributed by atoms with van der Waals surface area (Å²) >= 11 is 0. The van der Waals surface area contributed by atoms with Crippen LogP contribution in [0.25, 0.3) is 10.9 Å². The standard InChI is InChI=1S/C25H32N4O9/c1-12-8-9-18-17(10-12)23(29(6)7)27-25(26-18)28-24-22(37-16(5)33)21(36-15(4)32)20(35-14(3)31)19(38-24)11-34-13(2)30/h8-10,19-22,24H,11H2,1-7H3,(H,26,27,28)/t19-,20-,21+,22-,24-/m1/s1. The van der Waals surface area contributed by atoms with E-state index in [0.29, 0.717) is 11.3 Å². The van der Waals surface area contributed by atoms with Crippen molar-refractivity contribution >= 4 is 46.5 Å². The molecule has 0 bridgehead atoms. The molecule has 13 heteroatoms. The monoisotopic (exact) mass is 532 g/mol. The van der Waals surface area contributed by atoms with Gasteiger partial charge in [0.25, 0.3) is 0 Å². The largest absolute Gasteiger partial charge is 0.463 e. The number of anilines is 2. The summed E-state index contributed by atoms with van der Waals surface area (Å²) in [5, 5.41) is 3.83. The van der Waals surface area contributed by atoms with Crippen molar-refractivity contribution in [2.24, 2.45) is 0 Å². The van der Waals surface area contributed by atoms with Crippen molar-refractivity contribution in [1.29, 1.82) is 0 Å². The van der Waals surface area contributed by atoms with Crippen LogP contribution in [-0.4, -0.2) is 85.2 Å². The number of hydrogen-bond donors (Lipinski definition) is 1. The molecule has 1 N–H and O–H groups in total. The van der Waals surface area contributed by atoms with E-state index >= 15 is 0 Å². The van der Waals surface area contributed by atoms with E-state index in [2.05, 4.69) is 15.3 Å². The number of esters is 4. The molecule has 1 saturated heterocycles. The van der Waals surface area contributed by atoms with Gasteiger partial charge in [-0.05, 0) is 19.1 Å². The van der Waals surface area contributed by atoms with Gasteiger partial charge in [-0.15, -0.1) is 0 Å². The number of carbonyl (C=O) groups excluding carboxylic acids is 4. The van der Waals surface area contributed by atoms with Crippen molar-refractivity contribution in [2.75, 3.05) is 30.9 Å². The molecule has 206 valence electrons. The normalized spacial score (nSPS) is 22.8. The number of nitrogens with zero attached hydrogens (tertiary/aromatic N) is 3. The predicted octanol–water partition coefficient (Wildman–Crippen LogP) is 1.50. The van der Waals surface area contributed by atoms with Gasteiger partial charge < -0.3 is 33.9 Å². The molecule has 0 amide bonds. The summed E-state index contributed by atoms with van der Waals surface area (Å²) in [6.45, 7) is 6.32. The summed E-state index contributed by atoms with van der Waals surface area (Å²) in [6.07, 6.45) is -6.12. The van der Waals surface area contributed by atoms with E-state index in [4.69, 9.17) is 23.7 Å². The van der Waals surface area contributed by atoms with E-state index in [0.717, 1.165) is 24.8 Å². The molecule has 0 aliphatic carbocycles. The Balaban J connectivity index is 2.08. The SMILES string of the molecule is CC(=O)OC[C@H]1O[C@@H](Nc2nc(N(C)C)c3cc(C)ccc3n2)[C@H](OC(C)=O)[C@@H](OC(C)=O)[C@@H]1OC(C)=O. The smallest absolute Gasteiger partial charge is 0.303 e. The number of hydrogen-bond acceptors (Lipinski definition) is 13. The molecule has 0 unspecified atom stereocenters. The lowest BCUT2D eigenvalue weighted by atomic mass is 9.97. The molecule has 2 aromatic rings. The van der Waals surface area contributed by atoms with Crippen molar-refractivity contribution in [1.82, 2.24) is 9.97 Å². The lowest BCUT2D eigenvalue weighted by Gasteiger charge is -2.44. The number of ether oxygens (including phenoxy) is 5. The number of aryl methyl sites for hydroxylation is 1. The highest BCUT2D eigenvalue weighted by Crippen LogP contribution is 2.31. The van der Waals surface area contributed by atoms with Crippen molar-refractivity contribution in [3.8, 4) is 0 Å². The Morgan fingerprint density at radius 3 is 2.08 bits per heavy atom. The van der Waals surface area contributed by atoms with Gasteiger partial charge >= 0.3 is 23.9 Å². The Bertz CT molecular complexity index is 1220. The average Bonchev–Trinajstić information content (AvgIpc) is 2.80. The lowest BCUT2D eigenvalue weighted by molar-refractivity contribution is -0.247.